The molecule has 2 N–H and O–H groups in total. The number of alkyl halides is 1. The lowest BCUT2D eigenvalue weighted by atomic mass is 9.92. The molecule has 0 bridgehead atoms. The molecule has 1 fully saturated rings. The van der Waals surface area contributed by atoms with Crippen LogP contribution >= 0.6 is 0 Å². The van der Waals surface area contributed by atoms with Crippen LogP contribution in [0.5, 0.6) is 0 Å². The van der Waals surface area contributed by atoms with Gasteiger partial charge in [0.1, 0.15) is 0 Å². The van der Waals surface area contributed by atoms with Crippen molar-refractivity contribution in [3.8, 4) is 0 Å². The molecule has 1 aliphatic carbocycles. The van der Waals surface area contributed by atoms with Crippen molar-refractivity contribution in [3.63, 3.8) is 0 Å². The highest BCUT2D eigenvalue weighted by Crippen LogP contribution is 2.47. The fourth-order valence-corrected chi connectivity index (χ4v) is 1.67. The molecule has 2 rings (SSSR count). The Labute approximate surface area is 77.0 Å². The predicted octanol–water partition coefficient (Wildman–Crippen LogP) is 1.62. The van der Waals surface area contributed by atoms with E-state index in [1.54, 1.807) is 24.5 Å². The van der Waals surface area contributed by atoms with Crippen LogP contribution in [0.4, 0.5) is 4.39 Å². The summed E-state index contributed by atoms with van der Waals surface area (Å²) in [5.41, 5.74) is 4.76. The Bertz CT molecular complexity index is 284. The molecule has 70 valence electrons. The van der Waals surface area contributed by atoms with Gasteiger partial charge in [0.05, 0.1) is 0 Å². The molecule has 1 aliphatic rings. The number of hydrogen-bond donors (Lipinski definition) is 1. The molecule has 0 saturated heterocycles. The average Bonchev–Trinajstić information content (AvgIpc) is 3.02. The molecule has 0 radical (unpaired) electrons. The first-order valence-corrected chi connectivity index (χ1v) is 4.57. The van der Waals surface area contributed by atoms with E-state index in [1.807, 2.05) is 0 Å². The molecule has 13 heavy (non-hydrogen) atoms. The van der Waals surface area contributed by atoms with Crippen molar-refractivity contribution >= 4 is 0 Å². The number of rotatable bonds is 3. The van der Waals surface area contributed by atoms with E-state index in [0.717, 1.165) is 12.8 Å². The number of halogens is 1. The molecule has 0 aromatic carbocycles. The summed E-state index contributed by atoms with van der Waals surface area (Å²) in [6.07, 6.45) is 5.11. The van der Waals surface area contributed by atoms with Crippen LogP contribution in [0.15, 0.2) is 24.5 Å². The molecule has 1 heterocycles. The zero-order valence-corrected chi connectivity index (χ0v) is 7.41. The minimum atomic E-state index is -1.34. The number of aromatic nitrogens is 1. The number of hydrogen-bond acceptors (Lipinski definition) is 2. The Hall–Kier alpha value is -0.960. The van der Waals surface area contributed by atoms with Crippen molar-refractivity contribution in [2.24, 2.45) is 11.7 Å². The van der Waals surface area contributed by atoms with E-state index in [4.69, 9.17) is 5.73 Å². The Kier molecular flexibility index (Phi) is 2.04. The quantitative estimate of drug-likeness (QED) is 0.767. The van der Waals surface area contributed by atoms with E-state index in [0.29, 0.717) is 5.56 Å². The van der Waals surface area contributed by atoms with E-state index >= 15 is 0 Å². The van der Waals surface area contributed by atoms with Gasteiger partial charge in [0.15, 0.2) is 5.67 Å². The van der Waals surface area contributed by atoms with Gasteiger partial charge in [0.2, 0.25) is 0 Å². The lowest BCUT2D eigenvalue weighted by Gasteiger charge is -2.23. The summed E-state index contributed by atoms with van der Waals surface area (Å²) < 4.78 is 14.3. The van der Waals surface area contributed by atoms with E-state index in [2.05, 4.69) is 4.98 Å². The Morgan fingerprint density at radius 1 is 1.62 bits per heavy atom. The Morgan fingerprint density at radius 2 is 2.38 bits per heavy atom. The van der Waals surface area contributed by atoms with Crippen LogP contribution in [0.1, 0.15) is 18.4 Å². The minimum absolute atomic E-state index is 0.0589. The first-order valence-electron chi connectivity index (χ1n) is 4.57. The summed E-state index contributed by atoms with van der Waals surface area (Å²) in [4.78, 5) is 3.91. The van der Waals surface area contributed by atoms with Gasteiger partial charge >= 0.3 is 0 Å². The molecule has 0 aliphatic heterocycles. The highest BCUT2D eigenvalue weighted by molar-refractivity contribution is 5.22. The van der Waals surface area contributed by atoms with Gasteiger partial charge in [0, 0.05) is 24.5 Å². The highest BCUT2D eigenvalue weighted by atomic mass is 19.1. The van der Waals surface area contributed by atoms with Crippen LogP contribution in [0.25, 0.3) is 0 Å². The highest BCUT2D eigenvalue weighted by Gasteiger charge is 2.46. The van der Waals surface area contributed by atoms with Gasteiger partial charge in [-0.05, 0) is 24.8 Å². The fourth-order valence-electron chi connectivity index (χ4n) is 1.67. The molecule has 1 unspecified atom stereocenters. The third kappa shape index (κ3) is 1.44. The normalized spacial score (nSPS) is 21.1. The number of nitrogens with zero attached hydrogens (tertiary/aromatic N) is 1. The Morgan fingerprint density at radius 3 is 2.85 bits per heavy atom. The maximum atomic E-state index is 14.3. The maximum Gasteiger partial charge on any atom is 0.152 e. The van der Waals surface area contributed by atoms with E-state index in [1.165, 1.54) is 0 Å². The number of pyridine rings is 1. The first-order chi connectivity index (χ1) is 6.27. The largest absolute Gasteiger partial charge is 0.327 e. The van der Waals surface area contributed by atoms with Crippen LogP contribution in [0, 0.1) is 5.92 Å². The first kappa shape index (κ1) is 8.63. The maximum absolute atomic E-state index is 14.3. The standard InChI is InChI=1S/C10H13FN2/c11-10(7-12,8-3-4-8)9-2-1-5-13-6-9/h1-2,5-6,8H,3-4,7,12H2. The van der Waals surface area contributed by atoms with Crippen molar-refractivity contribution in [2.45, 2.75) is 18.5 Å². The van der Waals surface area contributed by atoms with Gasteiger partial charge in [0.25, 0.3) is 0 Å². The molecule has 1 atom stereocenters. The van der Waals surface area contributed by atoms with Crippen LogP contribution in [-0.2, 0) is 5.67 Å². The van der Waals surface area contributed by atoms with Gasteiger partial charge < -0.3 is 5.73 Å². The minimum Gasteiger partial charge on any atom is -0.327 e. The summed E-state index contributed by atoms with van der Waals surface area (Å²) in [6, 6.07) is 3.51. The Balaban J connectivity index is 2.30. The van der Waals surface area contributed by atoms with Gasteiger partial charge in [-0.2, -0.15) is 0 Å². The van der Waals surface area contributed by atoms with Gasteiger partial charge in [-0.3, -0.25) is 4.98 Å². The van der Waals surface area contributed by atoms with Crippen LogP contribution in [0.3, 0.4) is 0 Å². The summed E-state index contributed by atoms with van der Waals surface area (Å²) in [7, 11) is 0. The summed E-state index contributed by atoms with van der Waals surface area (Å²) in [5, 5.41) is 0. The van der Waals surface area contributed by atoms with Crippen molar-refractivity contribution in [1.29, 1.82) is 0 Å². The molecular formula is C10H13FN2. The molecular weight excluding hydrogens is 167 g/mol. The second kappa shape index (κ2) is 3.07. The third-order valence-electron chi connectivity index (χ3n) is 2.66. The van der Waals surface area contributed by atoms with Gasteiger partial charge in [-0.1, -0.05) is 6.07 Å². The third-order valence-corrected chi connectivity index (χ3v) is 2.66. The van der Waals surface area contributed by atoms with Crippen molar-refractivity contribution in [2.75, 3.05) is 6.54 Å². The van der Waals surface area contributed by atoms with E-state index in [-0.39, 0.29) is 12.5 Å². The average molecular weight is 180 g/mol. The zero-order chi connectivity index (χ0) is 9.31. The summed E-state index contributed by atoms with van der Waals surface area (Å²) in [6.45, 7) is 0.0589. The molecule has 1 aromatic rings. The molecule has 0 amide bonds. The molecule has 1 saturated carbocycles. The fraction of sp³-hybridized carbons (Fsp3) is 0.500. The zero-order valence-electron chi connectivity index (χ0n) is 7.41. The van der Waals surface area contributed by atoms with Crippen LogP contribution in [0.2, 0.25) is 0 Å². The van der Waals surface area contributed by atoms with Crippen LogP contribution in [-0.4, -0.2) is 11.5 Å². The van der Waals surface area contributed by atoms with E-state index < -0.39 is 5.67 Å². The van der Waals surface area contributed by atoms with Gasteiger partial charge in [-0.25, -0.2) is 4.39 Å². The molecule has 2 nitrogen and oxygen atoms in total. The second-order valence-electron chi connectivity index (χ2n) is 3.58. The van der Waals surface area contributed by atoms with Crippen molar-refractivity contribution < 1.29 is 4.39 Å². The SMILES string of the molecule is NCC(F)(c1cccnc1)C1CC1. The summed E-state index contributed by atoms with van der Waals surface area (Å²) >= 11 is 0. The predicted molar refractivity (Wildman–Crippen MR) is 48.8 cm³/mol. The van der Waals surface area contributed by atoms with Gasteiger partial charge in [-0.15, -0.1) is 0 Å². The van der Waals surface area contributed by atoms with E-state index in [9.17, 15) is 4.39 Å². The molecule has 3 heteroatoms. The summed E-state index contributed by atoms with van der Waals surface area (Å²) in [5.74, 6) is 0.113. The smallest absolute Gasteiger partial charge is 0.152 e. The monoisotopic (exact) mass is 180 g/mol. The number of nitrogens with two attached hydrogens (primary N) is 1. The van der Waals surface area contributed by atoms with Crippen LogP contribution < -0.4 is 5.73 Å². The second-order valence-corrected chi connectivity index (χ2v) is 3.58. The lowest BCUT2D eigenvalue weighted by molar-refractivity contribution is 0.142. The van der Waals surface area contributed by atoms with Crippen molar-refractivity contribution in [3.05, 3.63) is 30.1 Å². The van der Waals surface area contributed by atoms with Crippen molar-refractivity contribution in [1.82, 2.24) is 4.98 Å². The topological polar surface area (TPSA) is 38.9 Å². The molecule has 1 aromatic heterocycles. The molecule has 0 spiro atoms. The lowest BCUT2D eigenvalue weighted by Crippen LogP contribution is -2.32.